The van der Waals surface area contributed by atoms with Crippen molar-refractivity contribution in [2.75, 3.05) is 27.3 Å². The molecule has 2 heteroatoms. The average Bonchev–Trinajstić information content (AvgIpc) is 2.35. The van der Waals surface area contributed by atoms with Gasteiger partial charge in [0.05, 0.1) is 12.1 Å². The Kier molecular flexibility index (Phi) is 2.68. The van der Waals surface area contributed by atoms with Crippen LogP contribution in [0.5, 0.6) is 0 Å². The lowest BCUT2D eigenvalue weighted by atomic mass is 9.98. The predicted molar refractivity (Wildman–Crippen MR) is 46.7 cm³/mol. The predicted octanol–water partition coefficient (Wildman–Crippen LogP) is 1.28. The van der Waals surface area contributed by atoms with Crippen molar-refractivity contribution in [3.05, 3.63) is 12.7 Å². The minimum atomic E-state index is 0.120. The van der Waals surface area contributed by atoms with E-state index in [-0.39, 0.29) is 5.54 Å². The van der Waals surface area contributed by atoms with E-state index in [9.17, 15) is 0 Å². The maximum Gasteiger partial charge on any atom is 0.0682 e. The number of hydrogen-bond acceptors (Lipinski definition) is 2. The smallest absolute Gasteiger partial charge is 0.0682 e. The summed E-state index contributed by atoms with van der Waals surface area (Å²) in [5.41, 5.74) is 0.120. The summed E-state index contributed by atoms with van der Waals surface area (Å²) in [6.07, 6.45) is 4.45. The van der Waals surface area contributed by atoms with Gasteiger partial charge >= 0.3 is 0 Å². The lowest BCUT2D eigenvalue weighted by Crippen LogP contribution is -2.43. The highest BCUT2D eigenvalue weighted by Gasteiger charge is 2.35. The molecule has 1 aliphatic rings. The summed E-state index contributed by atoms with van der Waals surface area (Å²) in [5.74, 6) is 0. The molecule has 1 fully saturated rings. The third kappa shape index (κ3) is 1.47. The van der Waals surface area contributed by atoms with Gasteiger partial charge in [-0.2, -0.15) is 0 Å². The van der Waals surface area contributed by atoms with E-state index in [1.165, 1.54) is 12.8 Å². The van der Waals surface area contributed by atoms with E-state index in [0.29, 0.717) is 0 Å². The number of ether oxygens (including phenoxy) is 1. The third-order valence-corrected chi connectivity index (χ3v) is 2.64. The van der Waals surface area contributed by atoms with Crippen LogP contribution in [-0.4, -0.2) is 37.7 Å². The van der Waals surface area contributed by atoms with Gasteiger partial charge in [-0.1, -0.05) is 6.08 Å². The molecule has 1 aliphatic heterocycles. The van der Waals surface area contributed by atoms with Crippen LogP contribution in [0.1, 0.15) is 12.8 Å². The Morgan fingerprint density at radius 3 is 2.82 bits per heavy atom. The van der Waals surface area contributed by atoms with Crippen molar-refractivity contribution >= 4 is 0 Å². The number of likely N-dealkylation sites (N-methyl/N-ethyl adjacent to an activating group) is 1. The zero-order valence-electron chi connectivity index (χ0n) is 7.47. The van der Waals surface area contributed by atoms with E-state index < -0.39 is 0 Å². The van der Waals surface area contributed by atoms with Crippen LogP contribution in [0.4, 0.5) is 0 Å². The Balaban J connectivity index is 2.65. The van der Waals surface area contributed by atoms with Gasteiger partial charge in [-0.25, -0.2) is 0 Å². The fourth-order valence-corrected chi connectivity index (χ4v) is 1.79. The Labute approximate surface area is 68.8 Å². The van der Waals surface area contributed by atoms with Crippen molar-refractivity contribution in [2.24, 2.45) is 0 Å². The molecule has 11 heavy (non-hydrogen) atoms. The van der Waals surface area contributed by atoms with Gasteiger partial charge in [0.1, 0.15) is 0 Å². The first-order valence-electron chi connectivity index (χ1n) is 4.09. The summed E-state index contributed by atoms with van der Waals surface area (Å²) >= 11 is 0. The monoisotopic (exact) mass is 155 g/mol. The van der Waals surface area contributed by atoms with Gasteiger partial charge in [-0.05, 0) is 26.4 Å². The van der Waals surface area contributed by atoms with Crippen molar-refractivity contribution < 1.29 is 4.74 Å². The van der Waals surface area contributed by atoms with E-state index in [1.54, 1.807) is 7.11 Å². The van der Waals surface area contributed by atoms with Crippen LogP contribution in [0, 0.1) is 0 Å². The minimum Gasteiger partial charge on any atom is -0.382 e. The highest BCUT2D eigenvalue weighted by atomic mass is 16.5. The number of methoxy groups -OCH3 is 1. The molecule has 0 saturated carbocycles. The summed E-state index contributed by atoms with van der Waals surface area (Å²) in [7, 11) is 3.88. The number of rotatable bonds is 3. The summed E-state index contributed by atoms with van der Waals surface area (Å²) < 4.78 is 5.18. The molecule has 0 unspecified atom stereocenters. The van der Waals surface area contributed by atoms with Crippen molar-refractivity contribution in [2.45, 2.75) is 18.4 Å². The van der Waals surface area contributed by atoms with Crippen LogP contribution in [0.3, 0.4) is 0 Å². The van der Waals surface area contributed by atoms with E-state index in [4.69, 9.17) is 4.74 Å². The standard InChI is InChI=1S/C9H17NO/c1-4-9(8-11-3)6-5-7-10(9)2/h4H,1,5-8H2,2-3H3/t9-/m1/s1. The topological polar surface area (TPSA) is 12.5 Å². The molecule has 0 radical (unpaired) electrons. The van der Waals surface area contributed by atoms with Gasteiger partial charge in [0.15, 0.2) is 0 Å². The minimum absolute atomic E-state index is 0.120. The first-order chi connectivity index (χ1) is 5.25. The molecular weight excluding hydrogens is 138 g/mol. The van der Waals surface area contributed by atoms with E-state index >= 15 is 0 Å². The summed E-state index contributed by atoms with van der Waals surface area (Å²) in [4.78, 5) is 2.32. The third-order valence-electron chi connectivity index (χ3n) is 2.64. The van der Waals surface area contributed by atoms with Gasteiger partial charge in [0.25, 0.3) is 0 Å². The lowest BCUT2D eigenvalue weighted by molar-refractivity contribution is 0.0851. The first-order valence-corrected chi connectivity index (χ1v) is 4.09. The van der Waals surface area contributed by atoms with Gasteiger partial charge < -0.3 is 4.74 Å². The largest absolute Gasteiger partial charge is 0.382 e. The summed E-state index contributed by atoms with van der Waals surface area (Å²) in [6.45, 7) is 5.80. The van der Waals surface area contributed by atoms with E-state index in [0.717, 1.165) is 13.2 Å². The van der Waals surface area contributed by atoms with Gasteiger partial charge in [-0.3, -0.25) is 4.90 Å². The zero-order valence-corrected chi connectivity index (χ0v) is 7.47. The van der Waals surface area contributed by atoms with Crippen molar-refractivity contribution in [1.29, 1.82) is 0 Å². The van der Waals surface area contributed by atoms with Gasteiger partial charge in [-0.15, -0.1) is 6.58 Å². The van der Waals surface area contributed by atoms with E-state index in [1.807, 2.05) is 6.08 Å². The van der Waals surface area contributed by atoms with E-state index in [2.05, 4.69) is 18.5 Å². The van der Waals surface area contributed by atoms with Crippen LogP contribution in [0.2, 0.25) is 0 Å². The Morgan fingerprint density at radius 2 is 2.45 bits per heavy atom. The molecule has 1 atom stereocenters. The first kappa shape index (κ1) is 8.75. The van der Waals surface area contributed by atoms with Crippen molar-refractivity contribution in [3.63, 3.8) is 0 Å². The van der Waals surface area contributed by atoms with Crippen LogP contribution in [0.15, 0.2) is 12.7 Å². The fraction of sp³-hybridized carbons (Fsp3) is 0.778. The molecule has 1 saturated heterocycles. The second kappa shape index (κ2) is 3.37. The molecule has 0 aromatic rings. The molecular formula is C9H17NO. The Bertz CT molecular complexity index is 146. The second-order valence-electron chi connectivity index (χ2n) is 3.27. The Morgan fingerprint density at radius 1 is 1.73 bits per heavy atom. The Hall–Kier alpha value is -0.340. The number of hydrogen-bond donors (Lipinski definition) is 0. The van der Waals surface area contributed by atoms with Crippen molar-refractivity contribution in [3.8, 4) is 0 Å². The number of likely N-dealkylation sites (tertiary alicyclic amines) is 1. The van der Waals surface area contributed by atoms with Crippen molar-refractivity contribution in [1.82, 2.24) is 4.90 Å². The molecule has 0 aromatic carbocycles. The zero-order chi connectivity index (χ0) is 8.32. The van der Waals surface area contributed by atoms with Gasteiger partial charge in [0.2, 0.25) is 0 Å². The fourth-order valence-electron chi connectivity index (χ4n) is 1.79. The quantitative estimate of drug-likeness (QED) is 0.569. The van der Waals surface area contributed by atoms with Crippen LogP contribution < -0.4 is 0 Å². The van der Waals surface area contributed by atoms with Crippen LogP contribution >= 0.6 is 0 Å². The molecule has 0 N–H and O–H groups in total. The number of nitrogens with zero attached hydrogens (tertiary/aromatic N) is 1. The highest BCUT2D eigenvalue weighted by Crippen LogP contribution is 2.28. The molecule has 0 amide bonds. The molecule has 1 heterocycles. The summed E-state index contributed by atoms with van der Waals surface area (Å²) in [5, 5.41) is 0. The molecule has 2 nitrogen and oxygen atoms in total. The summed E-state index contributed by atoms with van der Waals surface area (Å²) in [6, 6.07) is 0. The lowest BCUT2D eigenvalue weighted by Gasteiger charge is -2.32. The second-order valence-corrected chi connectivity index (χ2v) is 3.27. The maximum absolute atomic E-state index is 5.18. The average molecular weight is 155 g/mol. The van der Waals surface area contributed by atoms with Crippen LogP contribution in [0.25, 0.3) is 0 Å². The molecule has 0 aliphatic carbocycles. The SMILES string of the molecule is C=C[C@]1(COC)CCCN1C. The highest BCUT2D eigenvalue weighted by molar-refractivity contribution is 5.06. The van der Waals surface area contributed by atoms with Crippen LogP contribution in [-0.2, 0) is 4.74 Å². The maximum atomic E-state index is 5.18. The van der Waals surface area contributed by atoms with Gasteiger partial charge in [0, 0.05) is 7.11 Å². The molecule has 0 spiro atoms. The molecule has 1 rings (SSSR count). The molecule has 0 aromatic heterocycles. The molecule has 0 bridgehead atoms. The normalized spacial score (nSPS) is 32.5. The molecule has 64 valence electrons.